The van der Waals surface area contributed by atoms with Gasteiger partial charge in [-0.2, -0.15) is 0 Å². The molecule has 18 heavy (non-hydrogen) atoms. The first kappa shape index (κ1) is 11.0. The molecule has 4 heteroatoms. The second-order valence-electron chi connectivity index (χ2n) is 4.07. The van der Waals surface area contributed by atoms with Crippen molar-refractivity contribution in [2.24, 2.45) is 0 Å². The van der Waals surface area contributed by atoms with Gasteiger partial charge in [-0.25, -0.2) is 4.98 Å². The van der Waals surface area contributed by atoms with Gasteiger partial charge in [0.2, 0.25) is 0 Å². The Morgan fingerprint density at radius 2 is 1.89 bits per heavy atom. The van der Waals surface area contributed by atoms with E-state index in [9.17, 15) is 0 Å². The SMILES string of the molecule is CNc1ccc(-c2nc3ccc(N)cc3s2)cc1. The molecule has 0 unspecified atom stereocenters. The maximum Gasteiger partial charge on any atom is 0.124 e. The third-order valence-electron chi connectivity index (χ3n) is 2.83. The van der Waals surface area contributed by atoms with Crippen LogP contribution in [0.4, 0.5) is 11.4 Å². The smallest absolute Gasteiger partial charge is 0.124 e. The van der Waals surface area contributed by atoms with E-state index in [1.54, 1.807) is 11.3 Å². The van der Waals surface area contributed by atoms with E-state index < -0.39 is 0 Å². The van der Waals surface area contributed by atoms with E-state index in [1.165, 1.54) is 0 Å². The van der Waals surface area contributed by atoms with Crippen molar-refractivity contribution in [3.8, 4) is 10.6 Å². The van der Waals surface area contributed by atoms with Crippen LogP contribution in [-0.2, 0) is 0 Å². The summed E-state index contributed by atoms with van der Waals surface area (Å²) in [6.07, 6.45) is 0. The van der Waals surface area contributed by atoms with Gasteiger partial charge in [0.1, 0.15) is 5.01 Å². The quantitative estimate of drug-likeness (QED) is 0.688. The Balaban J connectivity index is 2.07. The Bertz CT molecular complexity index is 686. The Hall–Kier alpha value is -2.07. The fourth-order valence-electron chi connectivity index (χ4n) is 1.84. The normalized spacial score (nSPS) is 10.7. The van der Waals surface area contributed by atoms with Crippen LogP contribution in [0.5, 0.6) is 0 Å². The maximum atomic E-state index is 5.78. The molecule has 1 aromatic heterocycles. The van der Waals surface area contributed by atoms with Gasteiger partial charge >= 0.3 is 0 Å². The van der Waals surface area contributed by atoms with Crippen LogP contribution < -0.4 is 11.1 Å². The molecule has 0 aliphatic rings. The highest BCUT2D eigenvalue weighted by Gasteiger charge is 2.06. The van der Waals surface area contributed by atoms with Crippen LogP contribution in [0.2, 0.25) is 0 Å². The molecule has 0 fully saturated rings. The monoisotopic (exact) mass is 255 g/mol. The van der Waals surface area contributed by atoms with Gasteiger partial charge in [0, 0.05) is 24.0 Å². The predicted octanol–water partition coefficient (Wildman–Crippen LogP) is 3.59. The van der Waals surface area contributed by atoms with Crippen molar-refractivity contribution in [1.29, 1.82) is 0 Å². The minimum Gasteiger partial charge on any atom is -0.399 e. The highest BCUT2D eigenvalue weighted by Crippen LogP contribution is 2.31. The Labute approximate surface area is 109 Å². The Morgan fingerprint density at radius 3 is 2.61 bits per heavy atom. The van der Waals surface area contributed by atoms with Gasteiger partial charge in [-0.1, -0.05) is 0 Å². The van der Waals surface area contributed by atoms with Crippen LogP contribution in [0, 0.1) is 0 Å². The van der Waals surface area contributed by atoms with Crippen molar-refractivity contribution in [1.82, 2.24) is 4.98 Å². The van der Waals surface area contributed by atoms with Gasteiger partial charge in [-0.15, -0.1) is 11.3 Å². The van der Waals surface area contributed by atoms with Crippen LogP contribution in [0.15, 0.2) is 42.5 Å². The summed E-state index contributed by atoms with van der Waals surface area (Å²) in [4.78, 5) is 4.62. The zero-order valence-corrected chi connectivity index (χ0v) is 10.8. The van der Waals surface area contributed by atoms with Crippen LogP contribution in [0.3, 0.4) is 0 Å². The zero-order valence-electron chi connectivity index (χ0n) is 9.97. The van der Waals surface area contributed by atoms with Gasteiger partial charge in [0.05, 0.1) is 10.2 Å². The zero-order chi connectivity index (χ0) is 12.5. The number of nitrogen functional groups attached to an aromatic ring is 1. The maximum absolute atomic E-state index is 5.78. The minimum absolute atomic E-state index is 0.781. The fraction of sp³-hybridized carbons (Fsp3) is 0.0714. The summed E-state index contributed by atoms with van der Waals surface area (Å²) in [6, 6.07) is 14.1. The Kier molecular flexibility index (Phi) is 2.64. The van der Waals surface area contributed by atoms with Gasteiger partial charge in [-0.05, 0) is 42.5 Å². The Morgan fingerprint density at radius 1 is 1.11 bits per heavy atom. The van der Waals surface area contributed by atoms with Crippen LogP contribution in [-0.4, -0.2) is 12.0 Å². The molecule has 0 amide bonds. The lowest BCUT2D eigenvalue weighted by Gasteiger charge is -2.00. The molecule has 0 saturated carbocycles. The molecule has 0 aliphatic heterocycles. The number of nitrogens with two attached hydrogens (primary N) is 1. The fourth-order valence-corrected chi connectivity index (χ4v) is 2.86. The summed E-state index contributed by atoms with van der Waals surface area (Å²) in [6.45, 7) is 0. The summed E-state index contributed by atoms with van der Waals surface area (Å²) in [5.41, 5.74) is 9.80. The average molecular weight is 255 g/mol. The molecular weight excluding hydrogens is 242 g/mol. The molecule has 2 aromatic carbocycles. The summed E-state index contributed by atoms with van der Waals surface area (Å²) in [7, 11) is 1.91. The minimum atomic E-state index is 0.781. The molecule has 0 aliphatic carbocycles. The average Bonchev–Trinajstić information content (AvgIpc) is 2.81. The first-order valence-corrected chi connectivity index (χ1v) is 6.52. The number of thiazole rings is 1. The lowest BCUT2D eigenvalue weighted by Crippen LogP contribution is -1.86. The molecule has 90 valence electrons. The summed E-state index contributed by atoms with van der Waals surface area (Å²) < 4.78 is 1.13. The molecule has 3 rings (SSSR count). The predicted molar refractivity (Wildman–Crippen MR) is 79.0 cm³/mol. The number of hydrogen-bond acceptors (Lipinski definition) is 4. The molecule has 3 N–H and O–H groups in total. The number of anilines is 2. The third kappa shape index (κ3) is 1.91. The first-order chi connectivity index (χ1) is 8.76. The number of fused-ring (bicyclic) bond motifs is 1. The summed E-state index contributed by atoms with van der Waals surface area (Å²) in [5.74, 6) is 0. The van der Waals surface area contributed by atoms with Crippen molar-refractivity contribution in [3.05, 3.63) is 42.5 Å². The highest BCUT2D eigenvalue weighted by molar-refractivity contribution is 7.21. The van der Waals surface area contributed by atoms with E-state index in [0.717, 1.165) is 32.2 Å². The van der Waals surface area contributed by atoms with Crippen molar-refractivity contribution in [2.75, 3.05) is 18.1 Å². The number of hydrogen-bond donors (Lipinski definition) is 2. The molecule has 0 radical (unpaired) electrons. The standard InChI is InChI=1S/C14H13N3S/c1-16-11-5-2-9(3-6-11)14-17-12-7-4-10(15)8-13(12)18-14/h2-8,16H,15H2,1H3. The summed E-state index contributed by atoms with van der Waals surface area (Å²) >= 11 is 1.67. The topological polar surface area (TPSA) is 50.9 Å². The molecule has 0 saturated heterocycles. The van der Waals surface area contributed by atoms with Crippen molar-refractivity contribution in [3.63, 3.8) is 0 Å². The third-order valence-corrected chi connectivity index (χ3v) is 3.90. The number of nitrogens with zero attached hydrogens (tertiary/aromatic N) is 1. The lowest BCUT2D eigenvalue weighted by atomic mass is 10.2. The molecule has 0 bridgehead atoms. The van der Waals surface area contributed by atoms with E-state index >= 15 is 0 Å². The van der Waals surface area contributed by atoms with Gasteiger partial charge < -0.3 is 11.1 Å². The van der Waals surface area contributed by atoms with Crippen LogP contribution in [0.1, 0.15) is 0 Å². The van der Waals surface area contributed by atoms with Gasteiger partial charge in [-0.3, -0.25) is 0 Å². The molecule has 1 heterocycles. The van der Waals surface area contributed by atoms with Gasteiger partial charge in [0.25, 0.3) is 0 Å². The van der Waals surface area contributed by atoms with E-state index in [2.05, 4.69) is 34.6 Å². The number of aromatic nitrogens is 1. The van der Waals surface area contributed by atoms with Crippen LogP contribution in [0.25, 0.3) is 20.8 Å². The van der Waals surface area contributed by atoms with E-state index in [-0.39, 0.29) is 0 Å². The number of benzene rings is 2. The van der Waals surface area contributed by atoms with Crippen molar-refractivity contribution < 1.29 is 0 Å². The van der Waals surface area contributed by atoms with E-state index in [1.807, 2.05) is 25.2 Å². The molecule has 0 atom stereocenters. The van der Waals surface area contributed by atoms with Crippen molar-refractivity contribution >= 4 is 32.9 Å². The molecule has 3 aromatic rings. The lowest BCUT2D eigenvalue weighted by molar-refractivity contribution is 1.46. The molecule has 0 spiro atoms. The second-order valence-corrected chi connectivity index (χ2v) is 5.10. The highest BCUT2D eigenvalue weighted by atomic mass is 32.1. The van der Waals surface area contributed by atoms with Crippen molar-refractivity contribution in [2.45, 2.75) is 0 Å². The summed E-state index contributed by atoms with van der Waals surface area (Å²) in [5, 5.41) is 4.13. The first-order valence-electron chi connectivity index (χ1n) is 5.70. The molecular formula is C14H13N3S. The number of nitrogens with one attached hydrogen (secondary N) is 1. The molecule has 3 nitrogen and oxygen atoms in total. The van der Waals surface area contributed by atoms with Gasteiger partial charge in [0.15, 0.2) is 0 Å². The second kappa shape index (κ2) is 4.31. The van der Waals surface area contributed by atoms with Crippen LogP contribution >= 0.6 is 11.3 Å². The number of rotatable bonds is 2. The largest absolute Gasteiger partial charge is 0.399 e. The van der Waals surface area contributed by atoms with E-state index in [0.29, 0.717) is 0 Å². The van der Waals surface area contributed by atoms with E-state index in [4.69, 9.17) is 5.73 Å².